The number of benzene rings is 1. The Kier molecular flexibility index (Phi) is 5.31. The molecule has 4 bridgehead atoms. The maximum atomic E-state index is 12.9. The highest BCUT2D eigenvalue weighted by molar-refractivity contribution is 6.00. The number of carbonyl (C=O) groups excluding carboxylic acids is 1. The van der Waals surface area contributed by atoms with Gasteiger partial charge in [0.1, 0.15) is 17.2 Å². The summed E-state index contributed by atoms with van der Waals surface area (Å²) >= 11 is 0. The zero-order valence-electron chi connectivity index (χ0n) is 16.6. The number of fused-ring (bicyclic) bond motifs is 3. The maximum absolute atomic E-state index is 12.9. The van der Waals surface area contributed by atoms with Crippen molar-refractivity contribution in [3.8, 4) is 5.75 Å². The van der Waals surface area contributed by atoms with Crippen molar-refractivity contribution in [2.75, 3.05) is 24.3 Å². The summed E-state index contributed by atoms with van der Waals surface area (Å²) in [5.74, 6) is -0.142. The van der Waals surface area contributed by atoms with Gasteiger partial charge in [-0.25, -0.2) is 4.98 Å². The van der Waals surface area contributed by atoms with Crippen LogP contribution < -0.4 is 20.7 Å². The third-order valence-corrected chi connectivity index (χ3v) is 4.52. The largest absolute Gasteiger partial charge is 0.573 e. The van der Waals surface area contributed by atoms with E-state index in [1.54, 1.807) is 20.0 Å². The SMILES string of the molecule is CNc1cc2nc3c(cnn13)C(=O)N[C@H](C)COCc1ccc(OC(F)(F)F)c(c1)N2. The van der Waals surface area contributed by atoms with Gasteiger partial charge in [-0.15, -0.1) is 13.2 Å². The Morgan fingerprint density at radius 3 is 2.87 bits per heavy atom. The van der Waals surface area contributed by atoms with Crippen molar-refractivity contribution in [2.45, 2.75) is 25.9 Å². The molecule has 3 aromatic rings. The van der Waals surface area contributed by atoms with E-state index in [1.165, 1.54) is 28.9 Å². The summed E-state index contributed by atoms with van der Waals surface area (Å²) in [6, 6.07) is 5.43. The second kappa shape index (κ2) is 7.95. The monoisotopic (exact) mass is 436 g/mol. The number of carbonyl (C=O) groups is 1. The lowest BCUT2D eigenvalue weighted by molar-refractivity contribution is -0.274. The molecule has 3 heterocycles. The van der Waals surface area contributed by atoms with E-state index in [0.717, 1.165) is 0 Å². The molecule has 0 fully saturated rings. The summed E-state index contributed by atoms with van der Waals surface area (Å²) in [6.45, 7) is 2.12. The molecular weight excluding hydrogens is 417 g/mol. The highest BCUT2D eigenvalue weighted by Gasteiger charge is 2.32. The van der Waals surface area contributed by atoms with Crippen LogP contribution >= 0.6 is 0 Å². The zero-order valence-corrected chi connectivity index (χ0v) is 16.6. The van der Waals surface area contributed by atoms with Crippen molar-refractivity contribution in [1.82, 2.24) is 19.9 Å². The van der Waals surface area contributed by atoms with Crippen molar-refractivity contribution >= 4 is 28.9 Å². The van der Waals surface area contributed by atoms with Gasteiger partial charge in [-0.05, 0) is 24.6 Å². The lowest BCUT2D eigenvalue weighted by Crippen LogP contribution is -2.35. The van der Waals surface area contributed by atoms with Crippen LogP contribution in [0.15, 0.2) is 30.5 Å². The molecule has 1 atom stereocenters. The number of nitrogens with one attached hydrogen (secondary N) is 3. The average molecular weight is 436 g/mol. The second-order valence-electron chi connectivity index (χ2n) is 6.96. The van der Waals surface area contributed by atoms with Gasteiger partial charge >= 0.3 is 6.36 Å². The molecule has 2 aromatic heterocycles. The van der Waals surface area contributed by atoms with Crippen LogP contribution in [0.3, 0.4) is 0 Å². The van der Waals surface area contributed by atoms with Crippen LogP contribution in [0.4, 0.5) is 30.5 Å². The molecule has 164 valence electrons. The Morgan fingerprint density at radius 2 is 2.13 bits per heavy atom. The highest BCUT2D eigenvalue weighted by atomic mass is 19.4. The second-order valence-corrected chi connectivity index (χ2v) is 6.96. The number of alkyl halides is 3. The van der Waals surface area contributed by atoms with Crippen LogP contribution in [0, 0.1) is 0 Å². The number of anilines is 3. The van der Waals surface area contributed by atoms with Crippen molar-refractivity contribution < 1.29 is 27.4 Å². The molecule has 1 aliphatic rings. The number of amides is 1. The van der Waals surface area contributed by atoms with Crippen LogP contribution in [-0.4, -0.2) is 46.6 Å². The van der Waals surface area contributed by atoms with Crippen molar-refractivity contribution in [3.63, 3.8) is 0 Å². The normalized spacial score (nSPS) is 17.1. The Bertz CT molecular complexity index is 1130. The van der Waals surface area contributed by atoms with Crippen molar-refractivity contribution in [1.29, 1.82) is 0 Å². The average Bonchev–Trinajstić information content (AvgIpc) is 3.12. The summed E-state index contributed by atoms with van der Waals surface area (Å²) in [5, 5.41) is 12.8. The molecular formula is C19H19F3N6O3. The van der Waals surface area contributed by atoms with E-state index in [0.29, 0.717) is 11.4 Å². The van der Waals surface area contributed by atoms with Crippen LogP contribution in [0.1, 0.15) is 22.8 Å². The first-order valence-electron chi connectivity index (χ1n) is 9.34. The van der Waals surface area contributed by atoms with E-state index in [4.69, 9.17) is 4.74 Å². The number of aromatic nitrogens is 3. The van der Waals surface area contributed by atoms with Gasteiger partial charge in [0.15, 0.2) is 11.4 Å². The topological polar surface area (TPSA) is 102 Å². The minimum Gasteiger partial charge on any atom is -0.404 e. The van der Waals surface area contributed by atoms with Crippen molar-refractivity contribution in [3.05, 3.63) is 41.6 Å². The number of rotatable bonds is 2. The van der Waals surface area contributed by atoms with Crippen LogP contribution in [-0.2, 0) is 11.3 Å². The number of hydrogen-bond acceptors (Lipinski definition) is 7. The molecule has 9 nitrogen and oxygen atoms in total. The smallest absolute Gasteiger partial charge is 0.404 e. The summed E-state index contributed by atoms with van der Waals surface area (Å²) in [7, 11) is 1.65. The highest BCUT2D eigenvalue weighted by Crippen LogP contribution is 2.34. The fourth-order valence-electron chi connectivity index (χ4n) is 3.18. The maximum Gasteiger partial charge on any atom is 0.573 e. The fraction of sp³-hybridized carbons (Fsp3) is 0.316. The lowest BCUT2D eigenvalue weighted by atomic mass is 10.2. The first kappa shape index (κ1) is 20.7. The zero-order chi connectivity index (χ0) is 22.2. The molecule has 0 saturated heterocycles. The minimum absolute atomic E-state index is 0.0490. The molecule has 4 rings (SSSR count). The third kappa shape index (κ3) is 4.48. The molecule has 0 unspecified atom stereocenters. The van der Waals surface area contributed by atoms with Gasteiger partial charge in [0.2, 0.25) is 0 Å². The Labute approximate surface area is 174 Å². The third-order valence-electron chi connectivity index (χ3n) is 4.52. The number of ether oxygens (including phenoxy) is 2. The van der Waals surface area contributed by atoms with E-state index in [1.807, 2.05) is 0 Å². The summed E-state index contributed by atoms with van der Waals surface area (Å²) in [5.41, 5.74) is 1.11. The Hall–Kier alpha value is -3.54. The van der Waals surface area contributed by atoms with Gasteiger partial charge in [-0.1, -0.05) is 6.07 Å². The van der Waals surface area contributed by atoms with Gasteiger partial charge in [0.25, 0.3) is 5.91 Å². The van der Waals surface area contributed by atoms with E-state index in [9.17, 15) is 18.0 Å². The molecule has 0 spiro atoms. The molecule has 31 heavy (non-hydrogen) atoms. The molecule has 0 saturated carbocycles. The van der Waals surface area contributed by atoms with Gasteiger partial charge in [-0.3, -0.25) is 4.79 Å². The number of halogens is 3. The van der Waals surface area contributed by atoms with E-state index in [-0.39, 0.29) is 42.0 Å². The fourth-order valence-corrected chi connectivity index (χ4v) is 3.18. The molecule has 0 radical (unpaired) electrons. The Morgan fingerprint density at radius 1 is 1.32 bits per heavy atom. The van der Waals surface area contributed by atoms with Gasteiger partial charge in [0, 0.05) is 19.2 Å². The molecule has 1 aliphatic heterocycles. The Balaban J connectivity index is 1.86. The first-order chi connectivity index (χ1) is 14.7. The first-order valence-corrected chi connectivity index (χ1v) is 9.34. The van der Waals surface area contributed by atoms with Gasteiger partial charge in [0.05, 0.1) is 25.1 Å². The van der Waals surface area contributed by atoms with Gasteiger partial charge in [-0.2, -0.15) is 9.61 Å². The van der Waals surface area contributed by atoms with Crippen LogP contribution in [0.25, 0.3) is 5.65 Å². The van der Waals surface area contributed by atoms with E-state index >= 15 is 0 Å². The van der Waals surface area contributed by atoms with E-state index < -0.39 is 18.0 Å². The predicted molar refractivity (Wildman–Crippen MR) is 106 cm³/mol. The quantitative estimate of drug-likeness (QED) is 0.568. The van der Waals surface area contributed by atoms with Crippen LogP contribution in [0.2, 0.25) is 0 Å². The summed E-state index contributed by atoms with van der Waals surface area (Å²) < 4.78 is 49.8. The lowest BCUT2D eigenvalue weighted by Gasteiger charge is -2.18. The van der Waals surface area contributed by atoms with E-state index in [2.05, 4.69) is 30.8 Å². The molecule has 1 amide bonds. The molecule has 12 heteroatoms. The van der Waals surface area contributed by atoms with Crippen LogP contribution in [0.5, 0.6) is 5.75 Å². The standard InChI is InChI=1S/C19H19F3N6O3/c1-10-8-30-9-11-3-4-14(31-19(20,21)22)13(5-11)26-15-6-16(23-2)28-17(27-15)12(7-24-28)18(29)25-10/h3-7,10,23H,8-9H2,1-2H3,(H,25,29)(H,26,27)/t10-/m1/s1. The minimum atomic E-state index is -4.87. The molecule has 3 N–H and O–H groups in total. The predicted octanol–water partition coefficient (Wildman–Crippen LogP) is 3.06. The molecule has 1 aromatic carbocycles. The summed E-state index contributed by atoms with van der Waals surface area (Å²) in [4.78, 5) is 17.1. The molecule has 0 aliphatic carbocycles. The number of nitrogens with zero attached hydrogens (tertiary/aromatic N) is 3. The number of hydrogen-bond donors (Lipinski definition) is 3. The summed E-state index contributed by atoms with van der Waals surface area (Å²) in [6.07, 6.45) is -3.49. The van der Waals surface area contributed by atoms with Gasteiger partial charge < -0.3 is 25.4 Å². The van der Waals surface area contributed by atoms with Crippen molar-refractivity contribution in [2.24, 2.45) is 0 Å².